The average molecular weight is 454 g/mol. The number of nitro benzene ring substituents is 2. The molecule has 0 saturated carbocycles. The second kappa shape index (κ2) is 9.85. The Bertz CT molecular complexity index is 1240. The number of nitrogens with one attached hydrogen (secondary N) is 2. The Kier molecular flexibility index (Phi) is 7.70. The molecule has 0 heterocycles. The molecule has 0 aliphatic rings. The van der Waals surface area contributed by atoms with Crippen molar-refractivity contribution < 1.29 is 22.8 Å². The van der Waals surface area contributed by atoms with Crippen LogP contribution in [0, 0.1) is 20.2 Å². The van der Waals surface area contributed by atoms with Crippen molar-refractivity contribution in [3.8, 4) is 0 Å². The molecule has 11 nitrogen and oxygen atoms in total. The van der Waals surface area contributed by atoms with Crippen molar-refractivity contribution in [2.24, 2.45) is 0 Å². The molecule has 0 bridgehead atoms. The third-order valence-corrected chi connectivity index (χ3v) is 4.87. The third kappa shape index (κ3) is 5.99. The van der Waals surface area contributed by atoms with Gasteiger partial charge in [-0.3, -0.25) is 24.8 Å². The number of para-hydroxylation sites is 1. The minimum atomic E-state index is -4.64. The Morgan fingerprint density at radius 2 is 1.39 bits per heavy atom. The summed E-state index contributed by atoms with van der Waals surface area (Å²) in [6.45, 7) is 0. The van der Waals surface area contributed by atoms with E-state index in [1.54, 1.807) is 30.3 Å². The van der Waals surface area contributed by atoms with Gasteiger partial charge < -0.3 is 10.6 Å². The van der Waals surface area contributed by atoms with Crippen LogP contribution in [0.4, 0.5) is 34.1 Å². The molecular weight excluding hydrogens is 439 g/mol. The summed E-state index contributed by atoms with van der Waals surface area (Å²) in [4.78, 5) is 20.1. The van der Waals surface area contributed by atoms with E-state index in [0.29, 0.717) is 5.69 Å². The van der Waals surface area contributed by atoms with Crippen molar-refractivity contribution in [2.75, 3.05) is 10.6 Å². The zero-order chi connectivity index (χ0) is 21.9. The van der Waals surface area contributed by atoms with Crippen LogP contribution in [-0.2, 0) is 10.1 Å². The molecule has 0 amide bonds. The molecule has 0 saturated heterocycles. The first-order chi connectivity index (χ1) is 14.1. The van der Waals surface area contributed by atoms with Crippen LogP contribution < -0.4 is 10.6 Å². The number of hydrogen-bond donors (Lipinski definition) is 3. The van der Waals surface area contributed by atoms with Crippen LogP contribution in [-0.4, -0.2) is 52.4 Å². The monoisotopic (exact) mass is 454 g/mol. The van der Waals surface area contributed by atoms with Gasteiger partial charge in [0.25, 0.3) is 21.5 Å². The SMILES string of the molecule is O=[N+]([O-])c1ccc(Nc2ccc(Nc3ccccc3)c(S(=O)(=O)O)c2)c([N+](=O)[O-])c1.[NaH]. The summed E-state index contributed by atoms with van der Waals surface area (Å²) in [5.74, 6) is 0. The second-order valence-electron chi connectivity index (χ2n) is 6.02. The fourth-order valence-electron chi connectivity index (χ4n) is 2.64. The van der Waals surface area contributed by atoms with Crippen molar-refractivity contribution in [3.05, 3.63) is 87.0 Å². The molecule has 0 atom stereocenters. The molecule has 0 aliphatic heterocycles. The molecule has 31 heavy (non-hydrogen) atoms. The number of anilines is 4. The fourth-order valence-corrected chi connectivity index (χ4v) is 3.31. The van der Waals surface area contributed by atoms with Crippen molar-refractivity contribution >= 4 is 73.8 Å². The van der Waals surface area contributed by atoms with Crippen molar-refractivity contribution in [3.63, 3.8) is 0 Å². The van der Waals surface area contributed by atoms with Gasteiger partial charge in [0.15, 0.2) is 0 Å². The average Bonchev–Trinajstić information content (AvgIpc) is 2.69. The summed E-state index contributed by atoms with van der Waals surface area (Å²) >= 11 is 0. The predicted molar refractivity (Wildman–Crippen MR) is 116 cm³/mol. The maximum absolute atomic E-state index is 11.8. The Balaban J connectivity index is 0.00000341. The summed E-state index contributed by atoms with van der Waals surface area (Å²) in [7, 11) is -4.64. The molecule has 0 aromatic heterocycles. The number of nitro groups is 2. The van der Waals surface area contributed by atoms with Crippen LogP contribution >= 0.6 is 0 Å². The van der Waals surface area contributed by atoms with Gasteiger partial charge in [-0.1, -0.05) is 18.2 Å². The number of non-ortho nitro benzene ring substituents is 1. The van der Waals surface area contributed by atoms with Crippen LogP contribution in [0.15, 0.2) is 71.6 Å². The molecule has 0 radical (unpaired) electrons. The number of nitrogens with zero attached hydrogens (tertiary/aromatic N) is 2. The fraction of sp³-hybridized carbons (Fsp3) is 0. The molecule has 3 aromatic rings. The van der Waals surface area contributed by atoms with E-state index in [0.717, 1.165) is 24.3 Å². The molecule has 3 aromatic carbocycles. The van der Waals surface area contributed by atoms with Gasteiger partial charge in [-0.05, 0) is 36.4 Å². The van der Waals surface area contributed by atoms with Gasteiger partial charge in [0.1, 0.15) is 10.6 Å². The van der Waals surface area contributed by atoms with Gasteiger partial charge in [-0.25, -0.2) is 0 Å². The minimum absolute atomic E-state index is 0. The molecule has 156 valence electrons. The number of hydrogen-bond acceptors (Lipinski definition) is 8. The number of benzene rings is 3. The second-order valence-corrected chi connectivity index (χ2v) is 7.41. The molecule has 0 fully saturated rings. The Hall–Kier alpha value is -3.03. The molecule has 13 heteroatoms. The van der Waals surface area contributed by atoms with Crippen LogP contribution in [0.2, 0.25) is 0 Å². The van der Waals surface area contributed by atoms with Gasteiger partial charge in [0.2, 0.25) is 0 Å². The van der Waals surface area contributed by atoms with Gasteiger partial charge in [0, 0.05) is 17.4 Å². The van der Waals surface area contributed by atoms with E-state index in [9.17, 15) is 33.2 Å². The molecule has 0 unspecified atom stereocenters. The summed E-state index contributed by atoms with van der Waals surface area (Å²) in [6, 6.07) is 15.5. The zero-order valence-corrected chi connectivity index (χ0v) is 15.9. The van der Waals surface area contributed by atoms with Crippen LogP contribution in [0.5, 0.6) is 0 Å². The van der Waals surface area contributed by atoms with Crippen LogP contribution in [0.1, 0.15) is 0 Å². The first-order valence-corrected chi connectivity index (χ1v) is 9.72. The summed E-state index contributed by atoms with van der Waals surface area (Å²) in [5, 5.41) is 27.6. The Labute approximate surface area is 198 Å². The quantitative estimate of drug-likeness (QED) is 0.209. The van der Waals surface area contributed by atoms with Crippen molar-refractivity contribution in [2.45, 2.75) is 4.90 Å². The topological polar surface area (TPSA) is 165 Å². The number of rotatable bonds is 7. The van der Waals surface area contributed by atoms with E-state index in [4.69, 9.17) is 0 Å². The van der Waals surface area contributed by atoms with Crippen LogP contribution in [0.3, 0.4) is 0 Å². The van der Waals surface area contributed by atoms with Gasteiger partial charge in [0.05, 0.1) is 21.6 Å². The molecule has 0 spiro atoms. The van der Waals surface area contributed by atoms with E-state index < -0.39 is 36.2 Å². The van der Waals surface area contributed by atoms with Crippen molar-refractivity contribution in [1.82, 2.24) is 0 Å². The standard InChI is InChI=1S/C18H14N4O7S.Na.H/c23-21(24)14-7-9-15(17(11-14)22(25)26)20-13-6-8-16(18(10-13)30(27,28)29)19-12-4-2-1-3-5-12;;/h1-11,19-20H,(H,27,28,29);;. The van der Waals surface area contributed by atoms with Gasteiger partial charge in [-0.2, -0.15) is 8.42 Å². The van der Waals surface area contributed by atoms with E-state index in [1.165, 1.54) is 12.1 Å². The predicted octanol–water partition coefficient (Wildman–Crippen LogP) is 3.59. The summed E-state index contributed by atoms with van der Waals surface area (Å²) in [6.07, 6.45) is 0. The Morgan fingerprint density at radius 1 is 0.774 bits per heavy atom. The molecule has 3 rings (SSSR count). The van der Waals surface area contributed by atoms with E-state index in [2.05, 4.69) is 10.6 Å². The van der Waals surface area contributed by atoms with E-state index in [1.807, 2.05) is 0 Å². The zero-order valence-electron chi connectivity index (χ0n) is 15.1. The van der Waals surface area contributed by atoms with E-state index >= 15 is 0 Å². The normalized spacial score (nSPS) is 10.6. The maximum atomic E-state index is 11.8. The first kappa shape index (κ1) is 24.2. The summed E-state index contributed by atoms with van der Waals surface area (Å²) in [5.41, 5.74) is -0.340. The van der Waals surface area contributed by atoms with E-state index in [-0.39, 0.29) is 46.6 Å². The van der Waals surface area contributed by atoms with Crippen molar-refractivity contribution in [1.29, 1.82) is 0 Å². The summed E-state index contributed by atoms with van der Waals surface area (Å²) < 4.78 is 33.3. The first-order valence-electron chi connectivity index (χ1n) is 8.28. The van der Waals surface area contributed by atoms with Crippen LogP contribution in [0.25, 0.3) is 0 Å². The Morgan fingerprint density at radius 3 is 1.97 bits per heavy atom. The molecule has 0 aliphatic carbocycles. The van der Waals surface area contributed by atoms with Gasteiger partial charge >= 0.3 is 29.6 Å². The molecule has 3 N–H and O–H groups in total. The third-order valence-electron chi connectivity index (χ3n) is 3.98. The molecular formula is C18H15N4NaO7S. The van der Waals surface area contributed by atoms with Gasteiger partial charge in [-0.15, -0.1) is 0 Å².